The van der Waals surface area contributed by atoms with Crippen LogP contribution in [-0.4, -0.2) is 13.3 Å². The van der Waals surface area contributed by atoms with Gasteiger partial charge in [0, 0.05) is 0 Å². The van der Waals surface area contributed by atoms with Crippen LogP contribution in [0.2, 0.25) is 0 Å². The van der Waals surface area contributed by atoms with Crippen LogP contribution in [0.1, 0.15) is 5.56 Å². The zero-order chi connectivity index (χ0) is 24.9. The topological polar surface area (TPSA) is 21.6 Å². The molecule has 0 aliphatic carbocycles. The Hall–Kier alpha value is -3.52. The molecule has 5 aromatic carbocycles. The molecular weight excluding hydrogens is 525 g/mol. The standard InChI is InChI=1S/C32H27BrNOP/c1-35-28-23-21-27(22-24-28)34-25-26-13-11-12-20-32(26)36(33,29-14-5-2-6-15-29,30-16-7-3-8-17-30)31-18-9-4-10-19-31/h2-25H,1H3. The zero-order valence-electron chi connectivity index (χ0n) is 20.0. The molecule has 0 amide bonds. The maximum atomic E-state index is 5.30. The van der Waals surface area contributed by atoms with Crippen LogP contribution in [0, 0.1) is 0 Å². The van der Waals surface area contributed by atoms with Crippen LogP contribution in [-0.2, 0) is 0 Å². The van der Waals surface area contributed by atoms with E-state index >= 15 is 0 Å². The number of aliphatic imine (C=N–C) groups is 1. The molecule has 0 radical (unpaired) electrons. The second kappa shape index (κ2) is 10.2. The molecule has 0 saturated heterocycles. The number of hydrogen-bond donors (Lipinski definition) is 0. The van der Waals surface area contributed by atoms with Gasteiger partial charge in [-0.2, -0.15) is 0 Å². The normalized spacial score (nSPS) is 12.7. The van der Waals surface area contributed by atoms with E-state index in [0.717, 1.165) is 17.0 Å². The van der Waals surface area contributed by atoms with Crippen LogP contribution in [0.15, 0.2) is 145 Å². The SMILES string of the molecule is COc1ccc(N=Cc2ccccc2P(Br)(c2ccccc2)(c2ccccc2)c2ccccc2)cc1. The Morgan fingerprint density at radius 2 is 1.03 bits per heavy atom. The van der Waals surface area contributed by atoms with E-state index in [0.29, 0.717) is 0 Å². The van der Waals surface area contributed by atoms with Gasteiger partial charge in [-0.3, -0.25) is 0 Å². The third-order valence-corrected chi connectivity index (χ3v) is 16.5. The Morgan fingerprint density at radius 3 is 1.50 bits per heavy atom. The van der Waals surface area contributed by atoms with Gasteiger partial charge in [0.25, 0.3) is 0 Å². The molecule has 0 aliphatic rings. The molecule has 178 valence electrons. The number of hydrogen-bond acceptors (Lipinski definition) is 2. The predicted octanol–water partition coefficient (Wildman–Crippen LogP) is 6.91. The Kier molecular flexibility index (Phi) is 6.87. The first-order valence-corrected chi connectivity index (χ1v) is 16.1. The summed E-state index contributed by atoms with van der Waals surface area (Å²) in [6.45, 7) is 0. The van der Waals surface area contributed by atoms with Crippen molar-refractivity contribution < 1.29 is 4.74 Å². The maximum absolute atomic E-state index is 5.30. The minimum absolute atomic E-state index is 0.817. The molecule has 0 aliphatic heterocycles. The van der Waals surface area contributed by atoms with Crippen molar-refractivity contribution in [2.24, 2.45) is 4.99 Å². The Bertz CT molecular complexity index is 1370. The first-order chi connectivity index (χ1) is 17.6. The van der Waals surface area contributed by atoms with Crippen LogP contribution in [0.25, 0.3) is 0 Å². The van der Waals surface area contributed by atoms with Crippen molar-refractivity contribution in [1.29, 1.82) is 0 Å². The minimum atomic E-state index is -3.32. The van der Waals surface area contributed by atoms with Crippen LogP contribution in [0.3, 0.4) is 0 Å². The summed E-state index contributed by atoms with van der Waals surface area (Å²) >= 11 is 4.57. The van der Waals surface area contributed by atoms with Gasteiger partial charge >= 0.3 is 222 Å². The van der Waals surface area contributed by atoms with Gasteiger partial charge in [-0.15, -0.1) is 0 Å². The molecule has 0 N–H and O–H groups in total. The van der Waals surface area contributed by atoms with Crippen LogP contribution >= 0.6 is 20.8 Å². The summed E-state index contributed by atoms with van der Waals surface area (Å²) in [5, 5.41) is 1.61. The van der Waals surface area contributed by atoms with E-state index in [1.165, 1.54) is 21.2 Å². The number of nitrogens with zero attached hydrogens (tertiary/aromatic N) is 1. The summed E-state index contributed by atoms with van der Waals surface area (Å²) in [7, 11) is 1.67. The molecule has 0 heterocycles. The molecule has 0 fully saturated rings. The zero-order valence-corrected chi connectivity index (χ0v) is 22.5. The summed E-state index contributed by atoms with van der Waals surface area (Å²) in [6.07, 6.45) is 1.98. The number of ether oxygens (including phenoxy) is 1. The first-order valence-electron chi connectivity index (χ1n) is 11.8. The van der Waals surface area contributed by atoms with Crippen molar-refractivity contribution in [2.75, 3.05) is 7.11 Å². The average Bonchev–Trinajstić information content (AvgIpc) is 2.97. The van der Waals surface area contributed by atoms with Crippen molar-refractivity contribution >= 4 is 53.9 Å². The molecule has 0 atom stereocenters. The van der Waals surface area contributed by atoms with Crippen molar-refractivity contribution in [2.45, 2.75) is 0 Å². The van der Waals surface area contributed by atoms with E-state index in [1.54, 1.807) is 7.11 Å². The number of methoxy groups -OCH3 is 1. The summed E-state index contributed by atoms with van der Waals surface area (Å²) in [5.41, 5.74) is 1.94. The fourth-order valence-electron chi connectivity index (χ4n) is 4.78. The fourth-order valence-corrected chi connectivity index (χ4v) is 12.8. The molecular formula is C32H27BrNOP. The molecule has 0 unspecified atom stereocenters. The van der Waals surface area contributed by atoms with Gasteiger partial charge in [-0.1, -0.05) is 0 Å². The average molecular weight is 552 g/mol. The van der Waals surface area contributed by atoms with E-state index in [2.05, 4.69) is 131 Å². The van der Waals surface area contributed by atoms with E-state index in [-0.39, 0.29) is 0 Å². The van der Waals surface area contributed by atoms with Crippen molar-refractivity contribution in [3.05, 3.63) is 145 Å². The molecule has 4 heteroatoms. The van der Waals surface area contributed by atoms with Gasteiger partial charge in [0.1, 0.15) is 0 Å². The molecule has 5 aromatic rings. The quantitative estimate of drug-likeness (QED) is 0.159. The Balaban J connectivity index is 1.83. The van der Waals surface area contributed by atoms with Crippen molar-refractivity contribution in [3.63, 3.8) is 0 Å². The molecule has 36 heavy (non-hydrogen) atoms. The summed E-state index contributed by atoms with van der Waals surface area (Å²) in [6, 6.07) is 48.8. The molecule has 0 aromatic heterocycles. The summed E-state index contributed by atoms with van der Waals surface area (Å²) in [4.78, 5) is 4.86. The van der Waals surface area contributed by atoms with E-state index < -0.39 is 5.31 Å². The third-order valence-electron chi connectivity index (χ3n) is 6.54. The van der Waals surface area contributed by atoms with Gasteiger partial charge in [0.2, 0.25) is 0 Å². The van der Waals surface area contributed by atoms with Gasteiger partial charge in [0.05, 0.1) is 0 Å². The second-order valence-electron chi connectivity index (χ2n) is 8.53. The van der Waals surface area contributed by atoms with Crippen molar-refractivity contribution in [1.82, 2.24) is 0 Å². The second-order valence-corrected chi connectivity index (χ2v) is 16.8. The summed E-state index contributed by atoms with van der Waals surface area (Å²) in [5.74, 6) is 0.817. The third kappa shape index (κ3) is 4.09. The van der Waals surface area contributed by atoms with Gasteiger partial charge in [-0.25, -0.2) is 0 Å². The van der Waals surface area contributed by atoms with Gasteiger partial charge in [0.15, 0.2) is 0 Å². The van der Waals surface area contributed by atoms with E-state index in [1.807, 2.05) is 30.5 Å². The summed E-state index contributed by atoms with van der Waals surface area (Å²) < 4.78 is 5.30. The Labute approximate surface area is 221 Å². The number of benzene rings is 5. The van der Waals surface area contributed by atoms with Crippen LogP contribution < -0.4 is 26.0 Å². The van der Waals surface area contributed by atoms with Gasteiger partial charge in [-0.05, 0) is 0 Å². The fraction of sp³-hybridized carbons (Fsp3) is 0.0312. The van der Waals surface area contributed by atoms with Crippen LogP contribution in [0.5, 0.6) is 5.75 Å². The molecule has 5 rings (SSSR count). The first kappa shape index (κ1) is 24.2. The van der Waals surface area contributed by atoms with Gasteiger partial charge < -0.3 is 0 Å². The van der Waals surface area contributed by atoms with Crippen LogP contribution in [0.4, 0.5) is 5.69 Å². The molecule has 0 bridgehead atoms. The van der Waals surface area contributed by atoms with E-state index in [4.69, 9.17) is 9.73 Å². The molecule has 0 saturated carbocycles. The number of halogens is 1. The molecule has 0 spiro atoms. The monoisotopic (exact) mass is 551 g/mol. The van der Waals surface area contributed by atoms with Crippen molar-refractivity contribution in [3.8, 4) is 5.75 Å². The predicted molar refractivity (Wildman–Crippen MR) is 160 cm³/mol. The number of rotatable bonds is 7. The molecule has 2 nitrogen and oxygen atoms in total. The Morgan fingerprint density at radius 1 is 0.583 bits per heavy atom. The van der Waals surface area contributed by atoms with E-state index in [9.17, 15) is 0 Å².